The number of benzene rings is 1. The Balaban J connectivity index is 1.89. The summed E-state index contributed by atoms with van der Waals surface area (Å²) >= 11 is 5.35. The maximum absolute atomic E-state index is 12.8. The van der Waals surface area contributed by atoms with E-state index in [9.17, 15) is 4.79 Å². The summed E-state index contributed by atoms with van der Waals surface area (Å²) < 4.78 is 1.67. The van der Waals surface area contributed by atoms with Crippen LogP contribution in [0, 0.1) is 6.92 Å². The molecule has 1 aliphatic rings. The smallest absolute Gasteiger partial charge is 0.281 e. The molecule has 0 radical (unpaired) electrons. The van der Waals surface area contributed by atoms with Crippen LogP contribution in [0.5, 0.6) is 0 Å². The summed E-state index contributed by atoms with van der Waals surface area (Å²) in [5.74, 6) is -0.166. The molecule has 1 aromatic heterocycles. The molecular weight excluding hydrogens is 332 g/mol. The molecule has 0 spiro atoms. The summed E-state index contributed by atoms with van der Waals surface area (Å²) in [4.78, 5) is 14.3. The first kappa shape index (κ1) is 17.4. The first-order valence-electron chi connectivity index (χ1n) is 8.15. The second kappa shape index (κ2) is 6.11. The number of amides is 1. The van der Waals surface area contributed by atoms with E-state index >= 15 is 0 Å². The van der Waals surface area contributed by atoms with Gasteiger partial charge >= 0.3 is 0 Å². The van der Waals surface area contributed by atoms with Crippen molar-refractivity contribution >= 4 is 35.0 Å². The Morgan fingerprint density at radius 2 is 1.84 bits per heavy atom. The van der Waals surface area contributed by atoms with Crippen molar-refractivity contribution in [3.63, 3.8) is 0 Å². The number of thiocarbonyl (C=S) groups is 1. The maximum Gasteiger partial charge on any atom is 0.281 e. The Morgan fingerprint density at radius 3 is 2.36 bits per heavy atom. The standard InChI is InChI=1S/C19H22N4OS/c1-12-16(11-22(5)21-12)23-17(24)15(20-18(23)25)10-13-6-8-14(9-7-13)19(2,3)4/h6-11H,1-5H3,(H,20,25)/b15-10+. The van der Waals surface area contributed by atoms with Gasteiger partial charge in [0.1, 0.15) is 5.70 Å². The minimum absolute atomic E-state index is 0.100. The molecule has 0 aliphatic carbocycles. The van der Waals surface area contributed by atoms with Crippen LogP contribution in [-0.4, -0.2) is 20.8 Å². The fourth-order valence-corrected chi connectivity index (χ4v) is 3.10. The third-order valence-electron chi connectivity index (χ3n) is 4.19. The van der Waals surface area contributed by atoms with Crippen LogP contribution in [0.25, 0.3) is 6.08 Å². The van der Waals surface area contributed by atoms with E-state index < -0.39 is 0 Å². The number of carbonyl (C=O) groups excluding carboxylic acids is 1. The highest BCUT2D eigenvalue weighted by Crippen LogP contribution is 2.26. The molecule has 1 aliphatic heterocycles. The fraction of sp³-hybridized carbons (Fsp3) is 0.316. The van der Waals surface area contributed by atoms with Gasteiger partial charge in [-0.15, -0.1) is 0 Å². The predicted molar refractivity (Wildman–Crippen MR) is 104 cm³/mol. The van der Waals surface area contributed by atoms with Crippen LogP contribution in [0.2, 0.25) is 0 Å². The predicted octanol–water partition coefficient (Wildman–Crippen LogP) is 3.29. The topological polar surface area (TPSA) is 50.2 Å². The highest BCUT2D eigenvalue weighted by Gasteiger charge is 2.33. The van der Waals surface area contributed by atoms with E-state index in [0.29, 0.717) is 16.5 Å². The van der Waals surface area contributed by atoms with Gasteiger partial charge in [-0.05, 0) is 41.8 Å². The third-order valence-corrected chi connectivity index (χ3v) is 4.48. The van der Waals surface area contributed by atoms with E-state index in [0.717, 1.165) is 11.3 Å². The summed E-state index contributed by atoms with van der Waals surface area (Å²) in [5, 5.41) is 7.67. The monoisotopic (exact) mass is 354 g/mol. The zero-order valence-electron chi connectivity index (χ0n) is 15.1. The van der Waals surface area contributed by atoms with Crippen LogP contribution in [0.15, 0.2) is 36.2 Å². The first-order valence-corrected chi connectivity index (χ1v) is 8.55. The van der Waals surface area contributed by atoms with E-state index in [1.807, 2.05) is 32.2 Å². The van der Waals surface area contributed by atoms with Crippen molar-refractivity contribution in [2.24, 2.45) is 7.05 Å². The third kappa shape index (κ3) is 3.35. The molecule has 1 fully saturated rings. The van der Waals surface area contributed by atoms with E-state index in [4.69, 9.17) is 12.2 Å². The summed E-state index contributed by atoms with van der Waals surface area (Å²) in [7, 11) is 1.82. The molecule has 0 saturated carbocycles. The lowest BCUT2D eigenvalue weighted by molar-refractivity contribution is -0.113. The second-order valence-electron chi connectivity index (χ2n) is 7.27. The number of hydrogen-bond donors (Lipinski definition) is 1. The van der Waals surface area contributed by atoms with Crippen molar-refractivity contribution in [3.05, 3.63) is 53.0 Å². The van der Waals surface area contributed by atoms with Gasteiger partial charge in [0, 0.05) is 13.2 Å². The largest absolute Gasteiger partial charge is 0.327 e. The molecule has 0 bridgehead atoms. The average molecular weight is 354 g/mol. The molecule has 1 amide bonds. The molecule has 5 nitrogen and oxygen atoms in total. The molecule has 0 unspecified atom stereocenters. The SMILES string of the molecule is Cc1nn(C)cc1N1C(=O)/C(=C\c2ccc(C(C)(C)C)cc2)NC1=S. The average Bonchev–Trinajstić information content (AvgIpc) is 2.97. The van der Waals surface area contributed by atoms with E-state index in [2.05, 4.69) is 43.3 Å². The Morgan fingerprint density at radius 1 is 1.20 bits per heavy atom. The first-order chi connectivity index (χ1) is 11.7. The Kier molecular flexibility index (Phi) is 4.24. The normalized spacial score (nSPS) is 16.7. The van der Waals surface area contributed by atoms with Gasteiger partial charge in [-0.1, -0.05) is 45.0 Å². The van der Waals surface area contributed by atoms with Gasteiger partial charge in [-0.25, -0.2) is 4.90 Å². The molecule has 130 valence electrons. The number of nitrogens with zero attached hydrogens (tertiary/aromatic N) is 3. The van der Waals surface area contributed by atoms with Gasteiger partial charge in [-0.2, -0.15) is 5.10 Å². The van der Waals surface area contributed by atoms with Crippen LogP contribution in [-0.2, 0) is 17.3 Å². The number of hydrogen-bond acceptors (Lipinski definition) is 3. The molecule has 1 N–H and O–H groups in total. The van der Waals surface area contributed by atoms with Gasteiger partial charge in [0.15, 0.2) is 5.11 Å². The lowest BCUT2D eigenvalue weighted by atomic mass is 9.87. The molecule has 1 saturated heterocycles. The van der Waals surface area contributed by atoms with Crippen molar-refractivity contribution in [2.45, 2.75) is 33.1 Å². The zero-order valence-corrected chi connectivity index (χ0v) is 15.9. The van der Waals surface area contributed by atoms with Gasteiger partial charge in [0.05, 0.1) is 11.4 Å². The van der Waals surface area contributed by atoms with Crippen LogP contribution in [0.3, 0.4) is 0 Å². The van der Waals surface area contributed by atoms with Crippen molar-refractivity contribution in [2.75, 3.05) is 4.90 Å². The Hall–Kier alpha value is -2.47. The minimum atomic E-state index is -0.166. The zero-order chi connectivity index (χ0) is 18.4. The molecule has 2 aromatic rings. The number of anilines is 1. The molecule has 6 heteroatoms. The van der Waals surface area contributed by atoms with Crippen LogP contribution in [0.4, 0.5) is 5.69 Å². The van der Waals surface area contributed by atoms with Crippen molar-refractivity contribution in [1.82, 2.24) is 15.1 Å². The van der Waals surface area contributed by atoms with Crippen LogP contribution >= 0.6 is 12.2 Å². The van der Waals surface area contributed by atoms with Crippen molar-refractivity contribution < 1.29 is 4.79 Å². The number of carbonyl (C=O) groups is 1. The van der Waals surface area contributed by atoms with E-state index in [1.165, 1.54) is 10.5 Å². The number of aromatic nitrogens is 2. The highest BCUT2D eigenvalue weighted by atomic mass is 32.1. The summed E-state index contributed by atoms with van der Waals surface area (Å²) in [6.45, 7) is 8.39. The van der Waals surface area contributed by atoms with Crippen LogP contribution in [0.1, 0.15) is 37.6 Å². The summed E-state index contributed by atoms with van der Waals surface area (Å²) in [6, 6.07) is 8.22. The van der Waals surface area contributed by atoms with Gasteiger partial charge in [0.25, 0.3) is 5.91 Å². The number of aryl methyl sites for hydroxylation is 2. The summed E-state index contributed by atoms with van der Waals surface area (Å²) in [5.41, 5.74) is 4.24. The molecule has 3 rings (SSSR count). The quantitative estimate of drug-likeness (QED) is 0.664. The fourth-order valence-electron chi connectivity index (χ4n) is 2.81. The molecule has 1 aromatic carbocycles. The lowest BCUT2D eigenvalue weighted by Gasteiger charge is -2.18. The maximum atomic E-state index is 12.8. The number of nitrogens with one attached hydrogen (secondary N) is 1. The molecular formula is C19H22N4OS. The van der Waals surface area contributed by atoms with Gasteiger partial charge in [0.2, 0.25) is 0 Å². The summed E-state index contributed by atoms with van der Waals surface area (Å²) in [6.07, 6.45) is 3.62. The molecule has 25 heavy (non-hydrogen) atoms. The van der Waals surface area contributed by atoms with E-state index in [-0.39, 0.29) is 11.3 Å². The molecule has 0 atom stereocenters. The van der Waals surface area contributed by atoms with Gasteiger partial charge < -0.3 is 5.32 Å². The Labute approximate surface area is 153 Å². The number of rotatable bonds is 2. The lowest BCUT2D eigenvalue weighted by Crippen LogP contribution is -2.30. The molecule has 2 heterocycles. The second-order valence-corrected chi connectivity index (χ2v) is 7.66. The van der Waals surface area contributed by atoms with Crippen molar-refractivity contribution in [1.29, 1.82) is 0 Å². The highest BCUT2D eigenvalue weighted by molar-refractivity contribution is 7.80. The minimum Gasteiger partial charge on any atom is -0.327 e. The van der Waals surface area contributed by atoms with Crippen molar-refractivity contribution in [3.8, 4) is 0 Å². The Bertz CT molecular complexity index is 872. The van der Waals surface area contributed by atoms with Gasteiger partial charge in [-0.3, -0.25) is 9.48 Å². The van der Waals surface area contributed by atoms with E-state index in [1.54, 1.807) is 10.9 Å². The van der Waals surface area contributed by atoms with Crippen LogP contribution < -0.4 is 10.2 Å².